The minimum Gasteiger partial charge on any atom is -0.0680 e. The van der Waals surface area contributed by atoms with Crippen molar-refractivity contribution in [3.63, 3.8) is 0 Å². The van der Waals surface area contributed by atoms with Gasteiger partial charge in [-0.1, -0.05) is 55.2 Å². The molecule has 3 aromatic rings. The third-order valence-corrected chi connectivity index (χ3v) is 15.5. The molecule has 0 bridgehead atoms. The van der Waals surface area contributed by atoms with Crippen LogP contribution >= 0.6 is 78.7 Å². The Balaban J connectivity index is 2.62. The van der Waals surface area contributed by atoms with Crippen molar-refractivity contribution in [2.75, 3.05) is 0 Å². The van der Waals surface area contributed by atoms with Crippen LogP contribution in [0.4, 0.5) is 0 Å². The summed E-state index contributed by atoms with van der Waals surface area (Å²) in [4.78, 5) is 0. The van der Waals surface area contributed by atoms with Gasteiger partial charge in [0.05, 0.1) is 18.8 Å². The van der Waals surface area contributed by atoms with Crippen LogP contribution in [-0.2, 0) is 12.8 Å². The fourth-order valence-corrected chi connectivity index (χ4v) is 16.5. The van der Waals surface area contributed by atoms with E-state index in [2.05, 4.69) is 13.8 Å². The lowest BCUT2D eigenvalue weighted by Crippen LogP contribution is -1.87. The highest BCUT2D eigenvalue weighted by molar-refractivity contribution is 8.15. The number of fused-ring (bicyclic) bond motifs is 2. The predicted molar refractivity (Wildman–Crippen MR) is 98.5 cm³/mol. The first kappa shape index (κ1) is 13.9. The Morgan fingerprint density at radius 3 is 1.33 bits per heavy atom. The number of rotatable bonds is 2. The second-order valence-electron chi connectivity index (χ2n) is 3.59. The summed E-state index contributed by atoms with van der Waals surface area (Å²) in [7, 11) is 15.5. The molecule has 18 heavy (non-hydrogen) atoms. The van der Waals surface area contributed by atoms with Crippen LogP contribution < -0.4 is 0 Å². The Bertz CT molecular complexity index is 667. The third-order valence-electron chi connectivity index (χ3n) is 2.74. The normalized spacial score (nSPS) is 11.2. The van der Waals surface area contributed by atoms with E-state index in [1.165, 1.54) is 9.40 Å². The first-order valence-electron chi connectivity index (χ1n) is 5.44. The summed E-state index contributed by atoms with van der Waals surface area (Å²) in [6.07, 6.45) is 2.29. The maximum Gasteiger partial charge on any atom is 0.0616 e. The standard InChI is InChI=1S/C10H10S8/c1-3-5-7-8(12-15-11-7)6(4-2)10-9(5)13-16-18-17-14-10/h3-4H2,1-2H3. The van der Waals surface area contributed by atoms with Gasteiger partial charge in [0, 0.05) is 0 Å². The molecule has 98 valence electrons. The van der Waals surface area contributed by atoms with Gasteiger partial charge in [0.1, 0.15) is 0 Å². The Kier molecular flexibility index (Phi) is 4.78. The largest absolute Gasteiger partial charge is 0.0680 e. The van der Waals surface area contributed by atoms with E-state index in [1.54, 1.807) is 20.5 Å². The van der Waals surface area contributed by atoms with Gasteiger partial charge in [-0.2, -0.15) is 0 Å². The van der Waals surface area contributed by atoms with Gasteiger partial charge in [0.2, 0.25) is 0 Å². The van der Waals surface area contributed by atoms with Crippen molar-refractivity contribution in [2.45, 2.75) is 26.7 Å². The van der Waals surface area contributed by atoms with Gasteiger partial charge in [-0.05, 0) is 61.3 Å². The van der Waals surface area contributed by atoms with Gasteiger partial charge in [0.25, 0.3) is 0 Å². The number of aryl methyl sites for hydroxylation is 2. The summed E-state index contributed by atoms with van der Waals surface area (Å²) in [5.41, 5.74) is 3.15. The predicted octanol–water partition coefficient (Wildman–Crippen LogP) is 7.86. The van der Waals surface area contributed by atoms with E-state index < -0.39 is 0 Å². The van der Waals surface area contributed by atoms with Crippen molar-refractivity contribution in [3.05, 3.63) is 11.1 Å². The van der Waals surface area contributed by atoms with Crippen molar-refractivity contribution in [3.8, 4) is 0 Å². The van der Waals surface area contributed by atoms with Crippen LogP contribution in [-0.4, -0.2) is 0 Å². The molecule has 0 unspecified atom stereocenters. The average Bonchev–Trinajstić information content (AvgIpc) is 2.73. The van der Waals surface area contributed by atoms with Crippen LogP contribution in [0.1, 0.15) is 25.0 Å². The lowest BCUT2D eigenvalue weighted by Gasteiger charge is -2.07. The minimum atomic E-state index is 1.15. The summed E-state index contributed by atoms with van der Waals surface area (Å²) < 4.78 is 6.18. The molecule has 0 aliphatic rings. The quantitative estimate of drug-likeness (QED) is 0.393. The minimum absolute atomic E-state index is 1.15. The lowest BCUT2D eigenvalue weighted by atomic mass is 10.1. The molecule has 0 N–H and O–H groups in total. The first-order valence-corrected chi connectivity index (χ1v) is 15.1. The average molecular weight is 387 g/mol. The molecular weight excluding hydrogens is 377 g/mol. The molecule has 0 spiro atoms. The number of hydrogen-bond acceptors (Lipinski definition) is 8. The Morgan fingerprint density at radius 2 is 0.944 bits per heavy atom. The molecule has 0 aliphatic carbocycles. The van der Waals surface area contributed by atoms with Crippen molar-refractivity contribution in [1.29, 1.82) is 0 Å². The van der Waals surface area contributed by atoms with Gasteiger partial charge in [-0.15, -0.1) is 0 Å². The van der Waals surface area contributed by atoms with Crippen LogP contribution in [0.15, 0.2) is 0 Å². The van der Waals surface area contributed by atoms with E-state index in [1.807, 2.05) is 78.7 Å². The maximum atomic E-state index is 2.29. The molecular formula is C10H10S8. The molecule has 0 nitrogen and oxygen atoms in total. The van der Waals surface area contributed by atoms with Crippen molar-refractivity contribution in [2.24, 2.45) is 0 Å². The fourth-order valence-electron chi connectivity index (χ4n) is 1.94. The zero-order valence-corrected chi connectivity index (χ0v) is 16.2. The summed E-state index contributed by atoms with van der Waals surface area (Å²) in [6, 6.07) is 0. The van der Waals surface area contributed by atoms with E-state index >= 15 is 0 Å². The molecule has 8 heteroatoms. The SMILES string of the molecule is CCc1c2sssssc2c(CC)c2sssc12. The smallest absolute Gasteiger partial charge is 0.0616 e. The molecule has 1 aromatic carbocycles. The van der Waals surface area contributed by atoms with Gasteiger partial charge < -0.3 is 0 Å². The fraction of sp³-hybridized carbons (Fsp3) is 0.400. The summed E-state index contributed by atoms with van der Waals surface area (Å²) in [5, 5.41) is 0. The van der Waals surface area contributed by atoms with E-state index in [0.717, 1.165) is 12.8 Å². The van der Waals surface area contributed by atoms with Gasteiger partial charge >= 0.3 is 0 Å². The van der Waals surface area contributed by atoms with E-state index in [-0.39, 0.29) is 0 Å². The van der Waals surface area contributed by atoms with Crippen molar-refractivity contribution >= 4 is 97.5 Å². The van der Waals surface area contributed by atoms with Gasteiger partial charge in [0.15, 0.2) is 0 Å². The molecule has 0 amide bonds. The summed E-state index contributed by atoms with van der Waals surface area (Å²) >= 11 is 0. The van der Waals surface area contributed by atoms with Crippen molar-refractivity contribution in [1.82, 2.24) is 0 Å². The van der Waals surface area contributed by atoms with E-state index in [0.29, 0.717) is 0 Å². The molecule has 0 aliphatic heterocycles. The molecule has 0 radical (unpaired) electrons. The number of hydrogen-bond donors (Lipinski definition) is 0. The third kappa shape index (κ3) is 2.35. The molecule has 2 heterocycles. The van der Waals surface area contributed by atoms with E-state index in [9.17, 15) is 0 Å². The molecule has 3 rings (SSSR count). The zero-order chi connectivity index (χ0) is 12.5. The highest BCUT2D eigenvalue weighted by Gasteiger charge is 2.14. The molecule has 2 aromatic heterocycles. The summed E-state index contributed by atoms with van der Waals surface area (Å²) in [6.45, 7) is 4.58. The molecule has 0 saturated heterocycles. The Morgan fingerprint density at radius 1 is 0.556 bits per heavy atom. The second-order valence-corrected chi connectivity index (χ2v) is 15.0. The Hall–Kier alpha value is 0.980. The van der Waals surface area contributed by atoms with Crippen LogP contribution in [0.2, 0.25) is 0 Å². The molecule has 0 saturated carbocycles. The zero-order valence-electron chi connectivity index (χ0n) is 9.68. The molecule has 0 fully saturated rings. The Labute approximate surface area is 134 Å². The highest BCUT2D eigenvalue weighted by atomic mass is 33.5. The topological polar surface area (TPSA) is 0 Å². The van der Waals surface area contributed by atoms with Gasteiger partial charge in [-0.3, -0.25) is 0 Å². The number of benzene rings is 1. The van der Waals surface area contributed by atoms with E-state index in [4.69, 9.17) is 0 Å². The first-order chi connectivity index (χ1) is 8.86. The van der Waals surface area contributed by atoms with Crippen LogP contribution in [0.3, 0.4) is 0 Å². The van der Waals surface area contributed by atoms with Crippen LogP contribution in [0.5, 0.6) is 0 Å². The van der Waals surface area contributed by atoms with Crippen LogP contribution in [0, 0.1) is 0 Å². The highest BCUT2D eigenvalue weighted by Crippen LogP contribution is 2.45. The maximum absolute atomic E-state index is 2.29. The lowest BCUT2D eigenvalue weighted by molar-refractivity contribution is 1.17. The molecule has 0 atom stereocenters. The monoisotopic (exact) mass is 386 g/mol. The van der Waals surface area contributed by atoms with Crippen LogP contribution in [0.25, 0.3) is 18.8 Å². The van der Waals surface area contributed by atoms with Crippen molar-refractivity contribution < 1.29 is 0 Å². The summed E-state index contributed by atoms with van der Waals surface area (Å²) in [5.74, 6) is 0. The second kappa shape index (κ2) is 6.17. The van der Waals surface area contributed by atoms with Gasteiger partial charge in [-0.25, -0.2) is 0 Å².